The van der Waals surface area contributed by atoms with Crippen LogP contribution in [0.15, 0.2) is 48.5 Å². The molecular formula is C18H22N2O2. The minimum Gasteiger partial charge on any atom is -0.465 e. The number of carbonyl (C=O) groups excluding carboxylic acids is 1. The number of rotatable bonds is 6. The van der Waals surface area contributed by atoms with Crippen LogP contribution in [-0.2, 0) is 11.2 Å². The van der Waals surface area contributed by atoms with Gasteiger partial charge in [-0.3, -0.25) is 0 Å². The summed E-state index contributed by atoms with van der Waals surface area (Å²) in [6.07, 6.45) is 1.95. The van der Waals surface area contributed by atoms with Crippen LogP contribution in [0.25, 0.3) is 0 Å². The van der Waals surface area contributed by atoms with Crippen molar-refractivity contribution in [2.45, 2.75) is 25.8 Å². The van der Waals surface area contributed by atoms with Crippen molar-refractivity contribution in [3.63, 3.8) is 0 Å². The molecule has 2 aromatic carbocycles. The lowest BCUT2D eigenvalue weighted by molar-refractivity contribution is 0.0602. The summed E-state index contributed by atoms with van der Waals surface area (Å²) < 4.78 is 4.81. The minimum atomic E-state index is -0.384. The van der Waals surface area contributed by atoms with E-state index < -0.39 is 0 Å². The highest BCUT2D eigenvalue weighted by Crippen LogP contribution is 2.21. The van der Waals surface area contributed by atoms with Crippen molar-refractivity contribution in [3.05, 3.63) is 59.7 Å². The second-order valence-electron chi connectivity index (χ2n) is 5.37. The predicted molar refractivity (Wildman–Crippen MR) is 90.0 cm³/mol. The number of nitrogen functional groups attached to an aromatic ring is 1. The van der Waals surface area contributed by atoms with Crippen LogP contribution >= 0.6 is 0 Å². The lowest BCUT2D eigenvalue weighted by atomic mass is 10.1. The molecule has 0 fully saturated rings. The highest BCUT2D eigenvalue weighted by Gasteiger charge is 2.14. The van der Waals surface area contributed by atoms with Gasteiger partial charge in [-0.25, -0.2) is 4.79 Å². The van der Waals surface area contributed by atoms with Crippen LogP contribution in [0.5, 0.6) is 0 Å². The molecule has 0 aliphatic heterocycles. The topological polar surface area (TPSA) is 64.3 Å². The maximum atomic E-state index is 11.8. The zero-order valence-electron chi connectivity index (χ0n) is 13.0. The van der Waals surface area contributed by atoms with Crippen molar-refractivity contribution in [1.29, 1.82) is 0 Å². The van der Waals surface area contributed by atoms with E-state index in [0.717, 1.165) is 18.5 Å². The average Bonchev–Trinajstić information content (AvgIpc) is 2.55. The molecule has 1 atom stereocenters. The van der Waals surface area contributed by atoms with Gasteiger partial charge in [0.1, 0.15) is 0 Å². The van der Waals surface area contributed by atoms with Crippen molar-refractivity contribution in [3.8, 4) is 0 Å². The number of benzene rings is 2. The van der Waals surface area contributed by atoms with Gasteiger partial charge in [0.25, 0.3) is 0 Å². The van der Waals surface area contributed by atoms with Gasteiger partial charge in [-0.15, -0.1) is 0 Å². The second-order valence-corrected chi connectivity index (χ2v) is 5.37. The van der Waals surface area contributed by atoms with Gasteiger partial charge in [-0.05, 0) is 43.5 Å². The Morgan fingerprint density at radius 1 is 1.23 bits per heavy atom. The Balaban J connectivity index is 2.02. The molecule has 0 saturated heterocycles. The van der Waals surface area contributed by atoms with Gasteiger partial charge in [-0.2, -0.15) is 0 Å². The monoisotopic (exact) mass is 298 g/mol. The number of aryl methyl sites for hydroxylation is 1. The van der Waals surface area contributed by atoms with Crippen molar-refractivity contribution >= 4 is 17.3 Å². The van der Waals surface area contributed by atoms with E-state index >= 15 is 0 Å². The molecule has 0 radical (unpaired) electrons. The quantitative estimate of drug-likeness (QED) is 0.633. The Bertz CT molecular complexity index is 626. The molecule has 0 amide bonds. The smallest absolute Gasteiger partial charge is 0.340 e. The van der Waals surface area contributed by atoms with E-state index in [0.29, 0.717) is 11.3 Å². The maximum absolute atomic E-state index is 11.8. The molecular weight excluding hydrogens is 276 g/mol. The van der Waals surface area contributed by atoms with Crippen molar-refractivity contribution < 1.29 is 9.53 Å². The summed E-state index contributed by atoms with van der Waals surface area (Å²) in [5.74, 6) is -0.384. The largest absolute Gasteiger partial charge is 0.465 e. The number of hydrogen-bond acceptors (Lipinski definition) is 4. The van der Waals surface area contributed by atoms with Crippen molar-refractivity contribution in [2.24, 2.45) is 0 Å². The Hall–Kier alpha value is -2.49. The zero-order valence-corrected chi connectivity index (χ0v) is 13.0. The molecule has 0 saturated carbocycles. The SMILES string of the molecule is COC(=O)c1cc(N)ccc1N[C@H](C)CCc1ccccc1. The van der Waals surface area contributed by atoms with Gasteiger partial charge in [-0.1, -0.05) is 30.3 Å². The van der Waals surface area contributed by atoms with E-state index in [9.17, 15) is 4.79 Å². The molecule has 2 aromatic rings. The molecule has 0 aliphatic carbocycles. The zero-order chi connectivity index (χ0) is 15.9. The molecule has 4 nitrogen and oxygen atoms in total. The fourth-order valence-corrected chi connectivity index (χ4v) is 2.33. The summed E-state index contributed by atoms with van der Waals surface area (Å²) >= 11 is 0. The minimum absolute atomic E-state index is 0.229. The first-order valence-electron chi connectivity index (χ1n) is 7.38. The third-order valence-electron chi connectivity index (χ3n) is 3.56. The van der Waals surface area contributed by atoms with Crippen LogP contribution < -0.4 is 11.1 Å². The van der Waals surface area contributed by atoms with E-state index in [-0.39, 0.29) is 12.0 Å². The highest BCUT2D eigenvalue weighted by molar-refractivity contribution is 5.96. The number of esters is 1. The maximum Gasteiger partial charge on any atom is 0.340 e. The van der Waals surface area contributed by atoms with Crippen molar-refractivity contribution in [2.75, 3.05) is 18.2 Å². The summed E-state index contributed by atoms with van der Waals surface area (Å²) in [4.78, 5) is 11.8. The molecule has 0 heterocycles. The third kappa shape index (κ3) is 4.25. The molecule has 3 N–H and O–H groups in total. The van der Waals surface area contributed by atoms with Crippen LogP contribution in [-0.4, -0.2) is 19.1 Å². The van der Waals surface area contributed by atoms with E-state index in [2.05, 4.69) is 24.4 Å². The average molecular weight is 298 g/mol. The third-order valence-corrected chi connectivity index (χ3v) is 3.56. The number of carbonyl (C=O) groups is 1. The van der Waals surface area contributed by atoms with E-state index in [1.807, 2.05) is 24.3 Å². The van der Waals surface area contributed by atoms with Crippen LogP contribution in [0.1, 0.15) is 29.3 Å². The summed E-state index contributed by atoms with van der Waals surface area (Å²) in [6.45, 7) is 2.10. The molecule has 0 aliphatic rings. The summed E-state index contributed by atoms with van der Waals surface area (Å²) in [5, 5.41) is 3.37. The van der Waals surface area contributed by atoms with Gasteiger partial charge < -0.3 is 15.8 Å². The van der Waals surface area contributed by atoms with Gasteiger partial charge >= 0.3 is 5.97 Å². The van der Waals surface area contributed by atoms with Gasteiger partial charge in [0.05, 0.1) is 12.7 Å². The Kier molecular flexibility index (Phi) is 5.42. The fourth-order valence-electron chi connectivity index (χ4n) is 2.33. The number of anilines is 2. The fraction of sp³-hybridized carbons (Fsp3) is 0.278. The first kappa shape index (κ1) is 15.9. The molecule has 4 heteroatoms. The standard InChI is InChI=1S/C18H22N2O2/c1-13(8-9-14-6-4-3-5-7-14)20-17-11-10-15(19)12-16(17)18(21)22-2/h3-7,10-13,20H,8-9,19H2,1-2H3/t13-/m1/s1. The van der Waals surface area contributed by atoms with Gasteiger partial charge in [0.15, 0.2) is 0 Å². The second kappa shape index (κ2) is 7.50. The van der Waals surface area contributed by atoms with Gasteiger partial charge in [0.2, 0.25) is 0 Å². The number of nitrogens with one attached hydrogen (secondary N) is 1. The number of methoxy groups -OCH3 is 1. The summed E-state index contributed by atoms with van der Waals surface area (Å²) in [7, 11) is 1.37. The first-order valence-corrected chi connectivity index (χ1v) is 7.38. The number of hydrogen-bond donors (Lipinski definition) is 2. The van der Waals surface area contributed by atoms with E-state index in [4.69, 9.17) is 10.5 Å². The summed E-state index contributed by atoms with van der Waals surface area (Å²) in [5.41, 5.74) is 8.82. The van der Waals surface area contributed by atoms with E-state index in [1.54, 1.807) is 12.1 Å². The Labute approximate surface area is 131 Å². The van der Waals surface area contributed by atoms with Crippen LogP contribution in [0.3, 0.4) is 0 Å². The molecule has 0 spiro atoms. The molecule has 0 unspecified atom stereocenters. The first-order chi connectivity index (χ1) is 10.6. The molecule has 2 rings (SSSR count). The van der Waals surface area contributed by atoms with Gasteiger partial charge in [0, 0.05) is 17.4 Å². The van der Waals surface area contributed by atoms with Crippen LogP contribution in [0.2, 0.25) is 0 Å². The highest BCUT2D eigenvalue weighted by atomic mass is 16.5. The van der Waals surface area contributed by atoms with Crippen LogP contribution in [0, 0.1) is 0 Å². The predicted octanol–water partition coefficient (Wildman–Crippen LogP) is 3.49. The number of ether oxygens (including phenoxy) is 1. The molecule has 22 heavy (non-hydrogen) atoms. The normalized spacial score (nSPS) is 11.7. The molecule has 116 valence electrons. The Morgan fingerprint density at radius 3 is 2.64 bits per heavy atom. The lowest BCUT2D eigenvalue weighted by Crippen LogP contribution is -2.18. The lowest BCUT2D eigenvalue weighted by Gasteiger charge is -2.18. The Morgan fingerprint density at radius 2 is 1.95 bits per heavy atom. The van der Waals surface area contributed by atoms with Crippen LogP contribution in [0.4, 0.5) is 11.4 Å². The summed E-state index contributed by atoms with van der Waals surface area (Å²) in [6, 6.07) is 15.8. The molecule has 0 bridgehead atoms. The molecule has 0 aromatic heterocycles. The van der Waals surface area contributed by atoms with E-state index in [1.165, 1.54) is 12.7 Å². The number of nitrogens with two attached hydrogens (primary N) is 1. The van der Waals surface area contributed by atoms with Crippen molar-refractivity contribution in [1.82, 2.24) is 0 Å².